The van der Waals surface area contributed by atoms with Crippen LogP contribution in [0.3, 0.4) is 0 Å². The summed E-state index contributed by atoms with van der Waals surface area (Å²) in [7, 11) is 0. The van der Waals surface area contributed by atoms with Crippen LogP contribution >= 0.6 is 11.6 Å². The average Bonchev–Trinajstić information content (AvgIpc) is 2.62. The summed E-state index contributed by atoms with van der Waals surface area (Å²) in [5, 5.41) is 2.33. The van der Waals surface area contributed by atoms with E-state index in [1.165, 1.54) is 0 Å². The number of carbonyl (C=O) groups excluding carboxylic acids is 5. The second kappa shape index (κ2) is 12.2. The van der Waals surface area contributed by atoms with Gasteiger partial charge in [-0.1, -0.05) is 0 Å². The predicted molar refractivity (Wildman–Crippen MR) is 97.2 cm³/mol. The molecule has 0 spiro atoms. The number of halogens is 1. The summed E-state index contributed by atoms with van der Waals surface area (Å²) in [6.07, 6.45) is -7.99. The fourth-order valence-corrected chi connectivity index (χ4v) is 2.67. The van der Waals surface area contributed by atoms with Gasteiger partial charge >= 0.3 is 30.0 Å². The van der Waals surface area contributed by atoms with Crippen LogP contribution in [-0.4, -0.2) is 79.7 Å². The normalized spacial score (nSPS) is 25.4. The SMILES string of the molecule is CC(=O)OC[C@H]1OC(OC(=O)NCCCl)[C@H](OC(C)=O)[C@@H](OC(C)=O)[C@@H]1OC(C)=O. The maximum absolute atomic E-state index is 12.0. The van der Waals surface area contributed by atoms with E-state index in [1.807, 2.05) is 0 Å². The molecule has 1 unspecified atom stereocenters. The molecule has 1 aliphatic heterocycles. The van der Waals surface area contributed by atoms with E-state index in [9.17, 15) is 24.0 Å². The van der Waals surface area contributed by atoms with E-state index >= 15 is 0 Å². The molecule has 13 heteroatoms. The fraction of sp³-hybridized carbons (Fsp3) is 0.706. The van der Waals surface area contributed by atoms with Gasteiger partial charge < -0.3 is 33.7 Å². The van der Waals surface area contributed by atoms with Crippen LogP contribution < -0.4 is 5.32 Å². The van der Waals surface area contributed by atoms with Crippen molar-refractivity contribution < 1.29 is 52.4 Å². The number of hydrogen-bond acceptors (Lipinski definition) is 11. The van der Waals surface area contributed by atoms with Gasteiger partial charge in [-0.2, -0.15) is 0 Å². The number of nitrogens with one attached hydrogen (secondary N) is 1. The molecule has 0 radical (unpaired) electrons. The topological polar surface area (TPSA) is 153 Å². The third kappa shape index (κ3) is 8.41. The minimum absolute atomic E-state index is 0.0751. The maximum atomic E-state index is 12.0. The van der Waals surface area contributed by atoms with Gasteiger partial charge in [0.15, 0.2) is 12.2 Å². The van der Waals surface area contributed by atoms with Gasteiger partial charge in [0.2, 0.25) is 12.4 Å². The summed E-state index contributed by atoms with van der Waals surface area (Å²) in [5.74, 6) is -2.94. The Morgan fingerprint density at radius 3 is 1.83 bits per heavy atom. The van der Waals surface area contributed by atoms with Gasteiger partial charge in [-0.25, -0.2) is 4.79 Å². The van der Waals surface area contributed by atoms with Crippen molar-refractivity contribution in [1.29, 1.82) is 0 Å². The number of amides is 1. The molecule has 1 saturated heterocycles. The Labute approximate surface area is 177 Å². The Bertz CT molecular complexity index is 656. The molecule has 1 aliphatic rings. The first-order chi connectivity index (χ1) is 14.0. The Morgan fingerprint density at radius 2 is 1.33 bits per heavy atom. The summed E-state index contributed by atoms with van der Waals surface area (Å²) >= 11 is 5.50. The van der Waals surface area contributed by atoms with Gasteiger partial charge in [0.1, 0.15) is 12.7 Å². The number of alkyl halides is 1. The highest BCUT2D eigenvalue weighted by atomic mass is 35.5. The second-order valence-electron chi connectivity index (χ2n) is 6.09. The lowest BCUT2D eigenvalue weighted by atomic mass is 9.98. The molecule has 1 rings (SSSR count). The molecule has 5 atom stereocenters. The lowest BCUT2D eigenvalue weighted by molar-refractivity contribution is -0.294. The molecule has 1 fully saturated rings. The number of alkyl carbamates (subject to hydrolysis) is 1. The molecule has 0 aliphatic carbocycles. The fourth-order valence-electron chi connectivity index (χ4n) is 2.58. The smallest absolute Gasteiger partial charge is 0.409 e. The minimum Gasteiger partial charge on any atom is -0.463 e. The van der Waals surface area contributed by atoms with Gasteiger partial charge in [-0.05, 0) is 0 Å². The highest BCUT2D eigenvalue weighted by molar-refractivity contribution is 6.18. The van der Waals surface area contributed by atoms with Crippen molar-refractivity contribution in [1.82, 2.24) is 5.32 Å². The van der Waals surface area contributed by atoms with Crippen molar-refractivity contribution in [2.24, 2.45) is 0 Å². The molecule has 1 amide bonds. The molecule has 0 aromatic rings. The van der Waals surface area contributed by atoms with Crippen LogP contribution in [0.15, 0.2) is 0 Å². The Hall–Kier alpha value is -2.60. The highest BCUT2D eigenvalue weighted by Gasteiger charge is 2.53. The van der Waals surface area contributed by atoms with Gasteiger partial charge in [0.05, 0.1) is 0 Å². The summed E-state index contributed by atoms with van der Waals surface area (Å²) in [6.45, 7) is 4.03. The van der Waals surface area contributed by atoms with Crippen LogP contribution in [-0.2, 0) is 47.6 Å². The summed E-state index contributed by atoms with van der Waals surface area (Å²) in [6, 6.07) is 0. The van der Waals surface area contributed by atoms with Gasteiger partial charge in [-0.15, -0.1) is 11.6 Å². The zero-order valence-electron chi connectivity index (χ0n) is 16.9. The minimum atomic E-state index is -1.58. The Morgan fingerprint density at radius 1 is 0.800 bits per heavy atom. The molecular weight excluding hydrogens is 430 g/mol. The van der Waals surface area contributed by atoms with E-state index in [0.717, 1.165) is 27.7 Å². The molecule has 1 N–H and O–H groups in total. The molecule has 0 bridgehead atoms. The number of esters is 4. The number of rotatable bonds is 8. The van der Waals surface area contributed by atoms with E-state index in [1.54, 1.807) is 0 Å². The Balaban J connectivity index is 3.27. The van der Waals surface area contributed by atoms with Gasteiger partial charge in [0, 0.05) is 40.1 Å². The largest absolute Gasteiger partial charge is 0.463 e. The van der Waals surface area contributed by atoms with Crippen molar-refractivity contribution in [2.45, 2.75) is 58.4 Å². The maximum Gasteiger partial charge on any atom is 0.409 e. The van der Waals surface area contributed by atoms with E-state index in [0.29, 0.717) is 0 Å². The third-order valence-corrected chi connectivity index (χ3v) is 3.72. The molecule has 0 aromatic carbocycles. The third-order valence-electron chi connectivity index (χ3n) is 3.54. The van der Waals surface area contributed by atoms with Gasteiger partial charge in [-0.3, -0.25) is 19.2 Å². The highest BCUT2D eigenvalue weighted by Crippen LogP contribution is 2.30. The number of carbonyl (C=O) groups is 5. The van der Waals surface area contributed by atoms with Crippen LogP contribution in [0.1, 0.15) is 27.7 Å². The lowest BCUT2D eigenvalue weighted by Gasteiger charge is -2.43. The van der Waals surface area contributed by atoms with Crippen LogP contribution in [0.2, 0.25) is 0 Å². The van der Waals surface area contributed by atoms with E-state index in [2.05, 4.69) is 5.32 Å². The van der Waals surface area contributed by atoms with Crippen molar-refractivity contribution in [3.8, 4) is 0 Å². The quantitative estimate of drug-likeness (QED) is 0.301. The summed E-state index contributed by atoms with van der Waals surface area (Å²) in [4.78, 5) is 58.0. The number of hydrogen-bond donors (Lipinski definition) is 1. The standard InChI is InChI=1S/C17H24ClNO11/c1-8(20)25-7-12-13(26-9(2)21)14(27-10(3)22)15(28-11(4)23)16(29-12)30-17(24)19-6-5-18/h12-16H,5-7H2,1-4H3,(H,19,24)/t12-,13-,14+,15-,16?/m1/s1. The first-order valence-corrected chi connectivity index (χ1v) is 9.39. The predicted octanol–water partition coefficient (Wildman–Crippen LogP) is 0.0345. The second-order valence-corrected chi connectivity index (χ2v) is 6.47. The molecule has 0 aromatic heterocycles. The zero-order valence-corrected chi connectivity index (χ0v) is 17.6. The van der Waals surface area contributed by atoms with Crippen molar-refractivity contribution in [3.05, 3.63) is 0 Å². The van der Waals surface area contributed by atoms with E-state index in [4.69, 9.17) is 40.0 Å². The van der Waals surface area contributed by atoms with Gasteiger partial charge in [0.25, 0.3) is 0 Å². The van der Waals surface area contributed by atoms with Crippen LogP contribution in [0.5, 0.6) is 0 Å². The van der Waals surface area contributed by atoms with E-state index < -0.39 is 67.3 Å². The number of ether oxygens (including phenoxy) is 6. The van der Waals surface area contributed by atoms with E-state index in [-0.39, 0.29) is 12.4 Å². The summed E-state index contributed by atoms with van der Waals surface area (Å²) < 4.78 is 31.1. The van der Waals surface area contributed by atoms with Crippen LogP contribution in [0.25, 0.3) is 0 Å². The summed E-state index contributed by atoms with van der Waals surface area (Å²) in [5.41, 5.74) is 0. The Kier molecular flexibility index (Phi) is 10.3. The monoisotopic (exact) mass is 453 g/mol. The molecular formula is C17H24ClNO11. The molecule has 0 saturated carbocycles. The average molecular weight is 454 g/mol. The molecule has 30 heavy (non-hydrogen) atoms. The first-order valence-electron chi connectivity index (χ1n) is 8.86. The van der Waals surface area contributed by atoms with Crippen LogP contribution in [0.4, 0.5) is 4.79 Å². The van der Waals surface area contributed by atoms with Crippen molar-refractivity contribution in [3.63, 3.8) is 0 Å². The first kappa shape index (κ1) is 25.4. The molecule has 170 valence electrons. The zero-order chi connectivity index (χ0) is 22.8. The van der Waals surface area contributed by atoms with Crippen molar-refractivity contribution >= 4 is 41.6 Å². The van der Waals surface area contributed by atoms with Crippen molar-refractivity contribution in [2.75, 3.05) is 19.0 Å². The molecule has 1 heterocycles. The van der Waals surface area contributed by atoms with Crippen LogP contribution in [0, 0.1) is 0 Å². The molecule has 12 nitrogen and oxygen atoms in total. The lowest BCUT2D eigenvalue weighted by Crippen LogP contribution is -2.63.